The van der Waals surface area contributed by atoms with Gasteiger partial charge in [0.05, 0.1) is 0 Å². The Hall–Kier alpha value is -1.55. The number of aryl methyl sites for hydroxylation is 1. The summed E-state index contributed by atoms with van der Waals surface area (Å²) in [7, 11) is 2.09. The lowest BCUT2D eigenvalue weighted by molar-refractivity contribution is 0.0696. The van der Waals surface area contributed by atoms with Crippen LogP contribution in [0, 0.1) is 6.92 Å². The van der Waals surface area contributed by atoms with E-state index in [9.17, 15) is 9.90 Å². The first-order valence-electron chi connectivity index (χ1n) is 6.78. The Morgan fingerprint density at radius 1 is 1.37 bits per heavy atom. The van der Waals surface area contributed by atoms with Crippen molar-refractivity contribution in [3.63, 3.8) is 0 Å². The summed E-state index contributed by atoms with van der Waals surface area (Å²) >= 11 is 0. The number of likely N-dealkylation sites (N-methyl/N-ethyl adjacent to an activating group) is 1. The van der Waals surface area contributed by atoms with Gasteiger partial charge in [0.15, 0.2) is 0 Å². The standard InChI is InChI=1S/C15H22N2O2/c1-11-5-6-13(9-14(11)18)15(19)17-8-4-7-16(3)10-12(17)2/h5-6,9,12,18H,4,7-8,10H2,1-3H3. The van der Waals surface area contributed by atoms with Crippen LogP contribution in [0.5, 0.6) is 5.75 Å². The van der Waals surface area contributed by atoms with Crippen LogP contribution in [0.3, 0.4) is 0 Å². The summed E-state index contributed by atoms with van der Waals surface area (Å²) in [6.07, 6.45) is 0.990. The molecule has 0 saturated carbocycles. The van der Waals surface area contributed by atoms with Gasteiger partial charge in [-0.2, -0.15) is 0 Å². The fraction of sp³-hybridized carbons (Fsp3) is 0.533. The maximum atomic E-state index is 12.5. The molecule has 1 aliphatic rings. The number of benzene rings is 1. The lowest BCUT2D eigenvalue weighted by Crippen LogP contribution is -2.41. The highest BCUT2D eigenvalue weighted by Gasteiger charge is 2.25. The molecule has 1 aromatic carbocycles. The van der Waals surface area contributed by atoms with Crippen LogP contribution in [0.1, 0.15) is 29.3 Å². The minimum atomic E-state index is 0.0121. The minimum Gasteiger partial charge on any atom is -0.508 e. The summed E-state index contributed by atoms with van der Waals surface area (Å²) in [6, 6.07) is 5.35. The molecule has 4 heteroatoms. The van der Waals surface area contributed by atoms with E-state index in [2.05, 4.69) is 18.9 Å². The van der Waals surface area contributed by atoms with Crippen molar-refractivity contribution in [2.45, 2.75) is 26.3 Å². The van der Waals surface area contributed by atoms with Gasteiger partial charge < -0.3 is 14.9 Å². The topological polar surface area (TPSA) is 43.8 Å². The average Bonchev–Trinajstić information content (AvgIpc) is 2.52. The van der Waals surface area contributed by atoms with Crippen LogP contribution in [-0.4, -0.2) is 53.5 Å². The monoisotopic (exact) mass is 262 g/mol. The number of hydrogen-bond acceptors (Lipinski definition) is 3. The highest BCUT2D eigenvalue weighted by Crippen LogP contribution is 2.20. The Kier molecular flexibility index (Phi) is 4.10. The highest BCUT2D eigenvalue weighted by atomic mass is 16.3. The van der Waals surface area contributed by atoms with Gasteiger partial charge in [-0.25, -0.2) is 0 Å². The molecular weight excluding hydrogens is 240 g/mol. The van der Waals surface area contributed by atoms with Gasteiger partial charge in [0.2, 0.25) is 0 Å². The quantitative estimate of drug-likeness (QED) is 0.840. The van der Waals surface area contributed by atoms with Gasteiger partial charge in [-0.15, -0.1) is 0 Å². The average molecular weight is 262 g/mol. The number of carbonyl (C=O) groups is 1. The number of aromatic hydroxyl groups is 1. The van der Waals surface area contributed by atoms with Crippen molar-refractivity contribution in [1.29, 1.82) is 0 Å². The predicted octanol–water partition coefficient (Wildman–Crippen LogP) is 1.87. The SMILES string of the molecule is Cc1ccc(C(=O)N2CCCN(C)CC2C)cc1O. The molecule has 1 N–H and O–H groups in total. The highest BCUT2D eigenvalue weighted by molar-refractivity contribution is 5.95. The minimum absolute atomic E-state index is 0.0121. The fourth-order valence-corrected chi connectivity index (χ4v) is 2.58. The van der Waals surface area contributed by atoms with Crippen LogP contribution in [0.25, 0.3) is 0 Å². The zero-order chi connectivity index (χ0) is 14.0. The molecule has 2 rings (SSSR count). The van der Waals surface area contributed by atoms with Crippen molar-refractivity contribution in [1.82, 2.24) is 9.80 Å². The number of hydrogen-bond donors (Lipinski definition) is 1. The van der Waals surface area contributed by atoms with Gasteiger partial charge in [-0.1, -0.05) is 6.07 Å². The Morgan fingerprint density at radius 2 is 2.11 bits per heavy atom. The predicted molar refractivity (Wildman–Crippen MR) is 75.5 cm³/mol. The molecule has 1 aromatic rings. The number of phenolic OH excluding ortho intramolecular Hbond substituents is 1. The maximum absolute atomic E-state index is 12.5. The first-order valence-corrected chi connectivity index (χ1v) is 6.78. The zero-order valence-electron chi connectivity index (χ0n) is 11.9. The number of rotatable bonds is 1. The molecule has 1 amide bonds. The Balaban J connectivity index is 2.20. The van der Waals surface area contributed by atoms with E-state index in [0.29, 0.717) is 5.56 Å². The second-order valence-corrected chi connectivity index (χ2v) is 5.46. The van der Waals surface area contributed by atoms with E-state index < -0.39 is 0 Å². The lowest BCUT2D eigenvalue weighted by atomic mass is 10.1. The third-order valence-electron chi connectivity index (χ3n) is 3.76. The van der Waals surface area contributed by atoms with Crippen molar-refractivity contribution in [3.8, 4) is 5.75 Å². The van der Waals surface area contributed by atoms with Crippen molar-refractivity contribution >= 4 is 5.91 Å². The summed E-state index contributed by atoms with van der Waals surface area (Å²) < 4.78 is 0. The van der Waals surface area contributed by atoms with E-state index in [4.69, 9.17) is 0 Å². The molecule has 1 unspecified atom stereocenters. The molecular formula is C15H22N2O2. The summed E-state index contributed by atoms with van der Waals surface area (Å²) in [5.74, 6) is 0.198. The molecule has 1 atom stereocenters. The molecule has 1 saturated heterocycles. The first-order chi connectivity index (χ1) is 8.99. The molecule has 0 aliphatic carbocycles. The summed E-state index contributed by atoms with van der Waals surface area (Å²) in [5.41, 5.74) is 1.36. The van der Waals surface area contributed by atoms with E-state index in [0.717, 1.165) is 31.6 Å². The Labute approximate surface area is 114 Å². The van der Waals surface area contributed by atoms with Crippen molar-refractivity contribution in [2.75, 3.05) is 26.7 Å². The summed E-state index contributed by atoms with van der Waals surface area (Å²) in [6.45, 7) is 6.59. The lowest BCUT2D eigenvalue weighted by Gasteiger charge is -2.28. The largest absolute Gasteiger partial charge is 0.508 e. The summed E-state index contributed by atoms with van der Waals surface area (Å²) in [5, 5.41) is 9.73. The molecule has 19 heavy (non-hydrogen) atoms. The van der Waals surface area contributed by atoms with E-state index in [1.54, 1.807) is 18.2 Å². The number of carbonyl (C=O) groups excluding carboxylic acids is 1. The fourth-order valence-electron chi connectivity index (χ4n) is 2.58. The molecule has 0 aromatic heterocycles. The van der Waals surface area contributed by atoms with Gasteiger partial charge in [0.25, 0.3) is 5.91 Å². The molecule has 1 heterocycles. The molecule has 1 fully saturated rings. The van der Waals surface area contributed by atoms with E-state index >= 15 is 0 Å². The zero-order valence-corrected chi connectivity index (χ0v) is 11.9. The van der Waals surface area contributed by atoms with Crippen LogP contribution in [-0.2, 0) is 0 Å². The smallest absolute Gasteiger partial charge is 0.254 e. The molecule has 0 radical (unpaired) electrons. The second-order valence-electron chi connectivity index (χ2n) is 5.46. The first kappa shape index (κ1) is 13.9. The van der Waals surface area contributed by atoms with Gasteiger partial charge in [0.1, 0.15) is 5.75 Å². The van der Waals surface area contributed by atoms with Crippen LogP contribution in [0.15, 0.2) is 18.2 Å². The number of nitrogens with zero attached hydrogens (tertiary/aromatic N) is 2. The van der Waals surface area contributed by atoms with Crippen molar-refractivity contribution in [2.24, 2.45) is 0 Å². The van der Waals surface area contributed by atoms with Crippen LogP contribution >= 0.6 is 0 Å². The summed E-state index contributed by atoms with van der Waals surface area (Å²) in [4.78, 5) is 16.7. The Bertz CT molecular complexity index is 473. The van der Waals surface area contributed by atoms with Crippen LogP contribution in [0.2, 0.25) is 0 Å². The molecule has 0 bridgehead atoms. The maximum Gasteiger partial charge on any atom is 0.254 e. The Morgan fingerprint density at radius 3 is 2.79 bits per heavy atom. The van der Waals surface area contributed by atoms with Gasteiger partial charge >= 0.3 is 0 Å². The van der Waals surface area contributed by atoms with Gasteiger partial charge in [0, 0.05) is 24.7 Å². The second kappa shape index (κ2) is 5.61. The van der Waals surface area contributed by atoms with Crippen molar-refractivity contribution in [3.05, 3.63) is 29.3 Å². The van der Waals surface area contributed by atoms with Crippen molar-refractivity contribution < 1.29 is 9.90 Å². The van der Waals surface area contributed by atoms with E-state index in [-0.39, 0.29) is 17.7 Å². The van der Waals surface area contributed by atoms with Gasteiger partial charge in [-0.3, -0.25) is 4.79 Å². The molecule has 104 valence electrons. The number of phenols is 1. The molecule has 4 nitrogen and oxygen atoms in total. The third kappa shape index (κ3) is 3.07. The third-order valence-corrected chi connectivity index (χ3v) is 3.76. The molecule has 0 spiro atoms. The number of amides is 1. The van der Waals surface area contributed by atoms with E-state index in [1.165, 1.54) is 0 Å². The van der Waals surface area contributed by atoms with Crippen LogP contribution in [0.4, 0.5) is 0 Å². The van der Waals surface area contributed by atoms with Crippen LogP contribution < -0.4 is 0 Å². The normalized spacial score (nSPS) is 21.2. The molecule has 1 aliphatic heterocycles. The van der Waals surface area contributed by atoms with E-state index in [1.807, 2.05) is 11.8 Å². The van der Waals surface area contributed by atoms with Gasteiger partial charge in [-0.05, 0) is 51.6 Å².